The summed E-state index contributed by atoms with van der Waals surface area (Å²) in [4.78, 5) is 7.84. The van der Waals surface area contributed by atoms with Crippen molar-refractivity contribution in [2.75, 3.05) is 7.11 Å². The molecule has 0 atom stereocenters. The van der Waals surface area contributed by atoms with Crippen molar-refractivity contribution in [1.29, 1.82) is 0 Å². The Morgan fingerprint density at radius 3 is 2.58 bits per heavy atom. The van der Waals surface area contributed by atoms with Crippen LogP contribution in [0.5, 0.6) is 5.88 Å². The van der Waals surface area contributed by atoms with Crippen molar-refractivity contribution in [2.24, 2.45) is 5.73 Å². The average molecular weight is 167 g/mol. The minimum Gasteiger partial charge on any atom is -0.481 e. The van der Waals surface area contributed by atoms with Crippen LogP contribution >= 0.6 is 0 Å². The minimum absolute atomic E-state index is 0.466. The monoisotopic (exact) mass is 167 g/mol. The summed E-state index contributed by atoms with van der Waals surface area (Å²) in [6, 6.07) is 0. The molecule has 0 unspecified atom stereocenters. The molecule has 0 saturated heterocycles. The van der Waals surface area contributed by atoms with E-state index in [9.17, 15) is 0 Å². The highest BCUT2D eigenvalue weighted by Gasteiger charge is 2.19. The molecule has 0 bridgehead atoms. The fraction of sp³-hybridized carbons (Fsp3) is 0.500. The summed E-state index contributed by atoms with van der Waals surface area (Å²) >= 11 is 0. The molecule has 0 spiro atoms. The van der Waals surface area contributed by atoms with E-state index in [1.54, 1.807) is 13.3 Å². The van der Waals surface area contributed by atoms with E-state index in [4.69, 9.17) is 10.5 Å². The molecule has 2 N–H and O–H groups in total. The summed E-state index contributed by atoms with van der Waals surface area (Å²) in [7, 11) is 1.57. The van der Waals surface area contributed by atoms with Crippen molar-refractivity contribution in [3.05, 3.63) is 18.1 Å². The van der Waals surface area contributed by atoms with Crippen LogP contribution in [0, 0.1) is 0 Å². The quantitative estimate of drug-likeness (QED) is 0.703. The number of rotatable bonds is 2. The maximum Gasteiger partial charge on any atom is 0.221 e. The molecule has 0 aromatic carbocycles. The number of nitrogens with zero attached hydrogens (tertiary/aromatic N) is 2. The Labute approximate surface area is 71.8 Å². The van der Waals surface area contributed by atoms with E-state index in [1.807, 2.05) is 13.8 Å². The van der Waals surface area contributed by atoms with Gasteiger partial charge in [0, 0.05) is 11.7 Å². The number of nitrogens with two attached hydrogens (primary N) is 1. The van der Waals surface area contributed by atoms with Crippen molar-refractivity contribution < 1.29 is 4.74 Å². The number of hydrogen-bond donors (Lipinski definition) is 1. The van der Waals surface area contributed by atoms with Crippen LogP contribution in [-0.2, 0) is 5.54 Å². The lowest BCUT2D eigenvalue weighted by Gasteiger charge is -2.19. The number of ether oxygens (including phenoxy) is 1. The zero-order valence-corrected chi connectivity index (χ0v) is 7.53. The molecule has 0 saturated carbocycles. The largest absolute Gasteiger partial charge is 0.481 e. The Balaban J connectivity index is 3.14. The SMILES string of the molecule is COc1ncncc1C(C)(C)N. The predicted molar refractivity (Wildman–Crippen MR) is 45.8 cm³/mol. The second-order valence-corrected chi connectivity index (χ2v) is 3.17. The molecule has 0 amide bonds. The fourth-order valence-corrected chi connectivity index (χ4v) is 0.923. The Morgan fingerprint density at radius 1 is 1.50 bits per heavy atom. The summed E-state index contributed by atoms with van der Waals surface area (Å²) in [6.45, 7) is 3.77. The van der Waals surface area contributed by atoms with Crippen LogP contribution in [0.4, 0.5) is 0 Å². The lowest BCUT2D eigenvalue weighted by atomic mass is 9.98. The molecule has 0 radical (unpaired) electrons. The van der Waals surface area contributed by atoms with Gasteiger partial charge in [0.25, 0.3) is 0 Å². The molecule has 1 rings (SSSR count). The van der Waals surface area contributed by atoms with Gasteiger partial charge >= 0.3 is 0 Å². The molecular formula is C8H13N3O. The van der Waals surface area contributed by atoms with Gasteiger partial charge in [0.2, 0.25) is 5.88 Å². The van der Waals surface area contributed by atoms with E-state index in [0.29, 0.717) is 5.88 Å². The second-order valence-electron chi connectivity index (χ2n) is 3.17. The van der Waals surface area contributed by atoms with Crippen LogP contribution in [0.3, 0.4) is 0 Å². The van der Waals surface area contributed by atoms with Crippen LogP contribution in [-0.4, -0.2) is 17.1 Å². The zero-order chi connectivity index (χ0) is 9.19. The van der Waals surface area contributed by atoms with E-state index in [0.717, 1.165) is 5.56 Å². The third kappa shape index (κ3) is 1.71. The van der Waals surface area contributed by atoms with Gasteiger partial charge in [-0.25, -0.2) is 9.97 Å². The van der Waals surface area contributed by atoms with Crippen LogP contribution in [0.1, 0.15) is 19.4 Å². The average Bonchev–Trinajstić information content (AvgIpc) is 2.03. The molecule has 12 heavy (non-hydrogen) atoms. The van der Waals surface area contributed by atoms with Crippen LogP contribution < -0.4 is 10.5 Å². The predicted octanol–water partition coefficient (Wildman–Crippen LogP) is 0.679. The third-order valence-corrected chi connectivity index (χ3v) is 1.56. The maximum atomic E-state index is 5.87. The van der Waals surface area contributed by atoms with Gasteiger partial charge in [-0.15, -0.1) is 0 Å². The highest BCUT2D eigenvalue weighted by Crippen LogP contribution is 2.23. The van der Waals surface area contributed by atoms with Gasteiger partial charge in [-0.1, -0.05) is 0 Å². The molecule has 0 aliphatic carbocycles. The van der Waals surface area contributed by atoms with Crippen molar-refractivity contribution >= 4 is 0 Å². The van der Waals surface area contributed by atoms with Gasteiger partial charge in [0.05, 0.1) is 12.7 Å². The molecule has 66 valence electrons. The number of aromatic nitrogens is 2. The Morgan fingerprint density at radius 2 is 2.17 bits per heavy atom. The Bertz CT molecular complexity index is 267. The lowest BCUT2D eigenvalue weighted by Crippen LogP contribution is -2.29. The second kappa shape index (κ2) is 3.06. The minimum atomic E-state index is -0.466. The van der Waals surface area contributed by atoms with Gasteiger partial charge < -0.3 is 10.5 Å². The van der Waals surface area contributed by atoms with Crippen molar-refractivity contribution in [3.63, 3.8) is 0 Å². The Kier molecular flexibility index (Phi) is 2.28. The zero-order valence-electron chi connectivity index (χ0n) is 7.53. The van der Waals surface area contributed by atoms with Gasteiger partial charge in [-0.3, -0.25) is 0 Å². The van der Waals surface area contributed by atoms with E-state index >= 15 is 0 Å². The molecule has 0 aliphatic heterocycles. The molecule has 0 fully saturated rings. The smallest absolute Gasteiger partial charge is 0.221 e. The molecular weight excluding hydrogens is 154 g/mol. The summed E-state index contributed by atoms with van der Waals surface area (Å²) in [5.41, 5.74) is 6.22. The molecule has 1 aromatic heterocycles. The van der Waals surface area contributed by atoms with Crippen LogP contribution in [0.25, 0.3) is 0 Å². The number of methoxy groups -OCH3 is 1. The highest BCUT2D eigenvalue weighted by atomic mass is 16.5. The van der Waals surface area contributed by atoms with E-state index in [2.05, 4.69) is 9.97 Å². The van der Waals surface area contributed by atoms with Crippen LogP contribution in [0.15, 0.2) is 12.5 Å². The summed E-state index contributed by atoms with van der Waals surface area (Å²) in [5, 5.41) is 0. The summed E-state index contributed by atoms with van der Waals surface area (Å²) in [5.74, 6) is 0.539. The first-order valence-electron chi connectivity index (χ1n) is 3.69. The van der Waals surface area contributed by atoms with Gasteiger partial charge in [0.15, 0.2) is 0 Å². The van der Waals surface area contributed by atoms with Crippen molar-refractivity contribution in [1.82, 2.24) is 9.97 Å². The lowest BCUT2D eigenvalue weighted by molar-refractivity contribution is 0.376. The molecule has 0 aliphatic rings. The standard InChI is InChI=1S/C8H13N3O/c1-8(2,9)6-4-10-5-11-7(6)12-3/h4-5H,9H2,1-3H3. The number of hydrogen-bond acceptors (Lipinski definition) is 4. The first-order chi connectivity index (χ1) is 5.55. The normalized spacial score (nSPS) is 11.3. The van der Waals surface area contributed by atoms with Gasteiger partial charge in [-0.2, -0.15) is 0 Å². The molecule has 4 heteroatoms. The summed E-state index contributed by atoms with van der Waals surface area (Å²) < 4.78 is 5.04. The maximum absolute atomic E-state index is 5.87. The van der Waals surface area contributed by atoms with Crippen molar-refractivity contribution in [3.8, 4) is 5.88 Å². The van der Waals surface area contributed by atoms with E-state index in [-0.39, 0.29) is 0 Å². The Hall–Kier alpha value is -1.16. The van der Waals surface area contributed by atoms with E-state index < -0.39 is 5.54 Å². The molecule has 1 heterocycles. The fourth-order valence-electron chi connectivity index (χ4n) is 0.923. The van der Waals surface area contributed by atoms with Crippen LogP contribution in [0.2, 0.25) is 0 Å². The molecule has 4 nitrogen and oxygen atoms in total. The third-order valence-electron chi connectivity index (χ3n) is 1.56. The highest BCUT2D eigenvalue weighted by molar-refractivity contribution is 5.28. The first kappa shape index (κ1) is 8.93. The van der Waals surface area contributed by atoms with E-state index in [1.165, 1.54) is 6.33 Å². The first-order valence-corrected chi connectivity index (χ1v) is 3.69. The summed E-state index contributed by atoms with van der Waals surface area (Å²) in [6.07, 6.45) is 3.11. The topological polar surface area (TPSA) is 61.0 Å². The van der Waals surface area contributed by atoms with Crippen molar-refractivity contribution in [2.45, 2.75) is 19.4 Å². The van der Waals surface area contributed by atoms with Gasteiger partial charge in [0.1, 0.15) is 6.33 Å². The van der Waals surface area contributed by atoms with Gasteiger partial charge in [-0.05, 0) is 13.8 Å². The molecule has 1 aromatic rings.